The van der Waals surface area contributed by atoms with Gasteiger partial charge in [0.1, 0.15) is 0 Å². The third-order valence-electron chi connectivity index (χ3n) is 1.52. The van der Waals surface area contributed by atoms with E-state index in [0.29, 0.717) is 0 Å². The van der Waals surface area contributed by atoms with Crippen molar-refractivity contribution < 1.29 is 44.6 Å². The van der Waals surface area contributed by atoms with Crippen LogP contribution in [0.4, 0.5) is 39.5 Å². The summed E-state index contributed by atoms with van der Waals surface area (Å²) in [6.45, 7) is -3.29. The molecule has 0 radical (unpaired) electrons. The van der Waals surface area contributed by atoms with E-state index in [-0.39, 0.29) is 0 Å². The topological polar surface area (TPSA) is 20.2 Å². The normalized spacial score (nSPS) is 15.6. The largest absolute Gasteiger partial charge is 0.432 e. The smallest absolute Gasteiger partial charge is 0.369 e. The highest BCUT2D eigenvalue weighted by Gasteiger charge is 2.82. The first-order valence-electron chi connectivity index (χ1n) is 3.11. The standard InChI is InChI=1S/C5H3F9O/c6-1-2(7,8)3(15,4(9,10)11)5(12,13)14/h15H,1H2. The molecule has 0 aromatic rings. The van der Waals surface area contributed by atoms with Gasteiger partial charge in [-0.25, -0.2) is 4.39 Å². The minimum atomic E-state index is -6.74. The van der Waals surface area contributed by atoms with Gasteiger partial charge >= 0.3 is 23.9 Å². The van der Waals surface area contributed by atoms with Crippen LogP contribution in [0, 0.1) is 0 Å². The van der Waals surface area contributed by atoms with Crippen molar-refractivity contribution in [1.82, 2.24) is 0 Å². The van der Waals surface area contributed by atoms with Crippen LogP contribution >= 0.6 is 0 Å². The molecule has 0 amide bonds. The molecular formula is C5H3F9O. The average Bonchev–Trinajstić information content (AvgIpc) is 1.98. The molecule has 1 nitrogen and oxygen atoms in total. The summed E-state index contributed by atoms with van der Waals surface area (Å²) in [5, 5.41) is 7.97. The molecule has 0 heterocycles. The summed E-state index contributed by atoms with van der Waals surface area (Å²) in [7, 11) is 0. The second-order valence-corrected chi connectivity index (χ2v) is 2.54. The Labute approximate surface area is 76.5 Å². The molecule has 0 saturated carbocycles. The van der Waals surface area contributed by atoms with E-state index in [1.165, 1.54) is 0 Å². The molecule has 15 heavy (non-hydrogen) atoms. The lowest BCUT2D eigenvalue weighted by Gasteiger charge is -2.36. The maximum Gasteiger partial charge on any atom is 0.432 e. The van der Waals surface area contributed by atoms with Gasteiger partial charge in [-0.1, -0.05) is 0 Å². The molecule has 1 N–H and O–H groups in total. The third-order valence-corrected chi connectivity index (χ3v) is 1.52. The Morgan fingerprint density at radius 2 is 1.00 bits per heavy atom. The van der Waals surface area contributed by atoms with Gasteiger partial charge in [-0.2, -0.15) is 35.1 Å². The minimum absolute atomic E-state index is 3.29. The molecule has 0 bridgehead atoms. The van der Waals surface area contributed by atoms with Crippen molar-refractivity contribution in [3.63, 3.8) is 0 Å². The van der Waals surface area contributed by atoms with Gasteiger partial charge in [0.2, 0.25) is 0 Å². The van der Waals surface area contributed by atoms with E-state index in [2.05, 4.69) is 0 Å². The lowest BCUT2D eigenvalue weighted by Crippen LogP contribution is -2.68. The third kappa shape index (κ3) is 1.99. The van der Waals surface area contributed by atoms with Crippen LogP contribution in [0.5, 0.6) is 0 Å². The van der Waals surface area contributed by atoms with Gasteiger partial charge in [0.25, 0.3) is 0 Å². The summed E-state index contributed by atoms with van der Waals surface area (Å²) in [6.07, 6.45) is -13.5. The number of hydrogen-bond donors (Lipinski definition) is 1. The van der Waals surface area contributed by atoms with E-state index in [1.54, 1.807) is 0 Å². The van der Waals surface area contributed by atoms with Crippen molar-refractivity contribution in [3.8, 4) is 0 Å². The summed E-state index contributed by atoms with van der Waals surface area (Å²) in [5.74, 6) is -6.00. The number of alkyl halides is 9. The van der Waals surface area contributed by atoms with Crippen LogP contribution < -0.4 is 0 Å². The zero-order valence-electron chi connectivity index (χ0n) is 6.56. The summed E-state index contributed by atoms with van der Waals surface area (Å²) in [5.41, 5.74) is -6.39. The summed E-state index contributed by atoms with van der Waals surface area (Å²) < 4.78 is 106. The van der Waals surface area contributed by atoms with Crippen LogP contribution in [-0.2, 0) is 0 Å². The molecule has 0 spiro atoms. The van der Waals surface area contributed by atoms with Gasteiger partial charge in [0, 0.05) is 0 Å². The van der Waals surface area contributed by atoms with Gasteiger partial charge in [-0.15, -0.1) is 0 Å². The molecule has 0 aromatic heterocycles. The molecule has 0 aliphatic carbocycles. The van der Waals surface area contributed by atoms with Crippen molar-refractivity contribution in [3.05, 3.63) is 0 Å². The zero-order valence-corrected chi connectivity index (χ0v) is 6.56. The van der Waals surface area contributed by atoms with E-state index < -0.39 is 30.6 Å². The summed E-state index contributed by atoms with van der Waals surface area (Å²) in [6, 6.07) is 0. The Bertz CT molecular complexity index is 212. The summed E-state index contributed by atoms with van der Waals surface area (Å²) >= 11 is 0. The maximum atomic E-state index is 12.1. The molecule has 10 heteroatoms. The van der Waals surface area contributed by atoms with E-state index in [9.17, 15) is 39.5 Å². The van der Waals surface area contributed by atoms with Crippen LogP contribution in [0.2, 0.25) is 0 Å². The molecule has 0 aromatic carbocycles. The SMILES string of the molecule is OC(C(F)(F)F)(C(F)(F)F)C(F)(F)CF. The molecule has 0 fully saturated rings. The van der Waals surface area contributed by atoms with Crippen LogP contribution in [0.25, 0.3) is 0 Å². The molecule has 0 saturated heterocycles. The summed E-state index contributed by atoms with van der Waals surface area (Å²) in [4.78, 5) is 0. The second-order valence-electron chi connectivity index (χ2n) is 2.54. The van der Waals surface area contributed by atoms with E-state index in [4.69, 9.17) is 5.11 Å². The van der Waals surface area contributed by atoms with E-state index in [0.717, 1.165) is 0 Å². The lowest BCUT2D eigenvalue weighted by atomic mass is 9.95. The van der Waals surface area contributed by atoms with E-state index >= 15 is 0 Å². The number of aliphatic hydroxyl groups is 1. The Kier molecular flexibility index (Phi) is 3.27. The average molecular weight is 250 g/mol. The molecule has 92 valence electrons. The lowest BCUT2D eigenvalue weighted by molar-refractivity contribution is -0.423. The monoisotopic (exact) mass is 250 g/mol. The molecule has 0 rings (SSSR count). The van der Waals surface area contributed by atoms with Crippen molar-refractivity contribution in [1.29, 1.82) is 0 Å². The second kappa shape index (κ2) is 3.42. The Balaban J connectivity index is 5.65. The van der Waals surface area contributed by atoms with Gasteiger partial charge < -0.3 is 5.11 Å². The van der Waals surface area contributed by atoms with E-state index in [1.807, 2.05) is 0 Å². The fourth-order valence-electron chi connectivity index (χ4n) is 0.672. The van der Waals surface area contributed by atoms with Crippen LogP contribution in [0.3, 0.4) is 0 Å². The quantitative estimate of drug-likeness (QED) is 0.746. The predicted molar refractivity (Wildman–Crippen MR) is 28.0 cm³/mol. The molecule has 0 aliphatic heterocycles. The highest BCUT2D eigenvalue weighted by Crippen LogP contribution is 2.51. The zero-order chi connectivity index (χ0) is 12.7. The van der Waals surface area contributed by atoms with Crippen LogP contribution in [-0.4, -0.2) is 35.7 Å². The number of halogens is 9. The van der Waals surface area contributed by atoms with Crippen LogP contribution in [0.1, 0.15) is 0 Å². The fourth-order valence-corrected chi connectivity index (χ4v) is 0.672. The van der Waals surface area contributed by atoms with Gasteiger partial charge in [-0.3, -0.25) is 0 Å². The molecule has 0 atom stereocenters. The number of rotatable bonds is 2. The first-order valence-corrected chi connectivity index (χ1v) is 3.11. The maximum absolute atomic E-state index is 12.1. The van der Waals surface area contributed by atoms with Gasteiger partial charge in [0.05, 0.1) is 0 Å². The Morgan fingerprint density at radius 1 is 0.733 bits per heavy atom. The number of hydrogen-bond acceptors (Lipinski definition) is 1. The predicted octanol–water partition coefficient (Wildman–Crippen LogP) is 2.45. The first kappa shape index (κ1) is 14.3. The van der Waals surface area contributed by atoms with Crippen molar-refractivity contribution >= 4 is 0 Å². The fraction of sp³-hybridized carbons (Fsp3) is 1.00. The van der Waals surface area contributed by atoms with Crippen LogP contribution in [0.15, 0.2) is 0 Å². The first-order chi connectivity index (χ1) is 6.31. The van der Waals surface area contributed by atoms with Crippen molar-refractivity contribution in [2.45, 2.75) is 23.9 Å². The van der Waals surface area contributed by atoms with Crippen molar-refractivity contribution in [2.75, 3.05) is 6.67 Å². The Morgan fingerprint density at radius 3 is 1.07 bits per heavy atom. The Hall–Kier alpha value is -0.670. The minimum Gasteiger partial charge on any atom is -0.369 e. The molecule has 0 unspecified atom stereocenters. The highest BCUT2D eigenvalue weighted by atomic mass is 19.4. The van der Waals surface area contributed by atoms with Gasteiger partial charge in [-0.05, 0) is 0 Å². The molecule has 0 aliphatic rings. The highest BCUT2D eigenvalue weighted by molar-refractivity contribution is 5.04. The molecular weight excluding hydrogens is 247 g/mol. The van der Waals surface area contributed by atoms with Crippen molar-refractivity contribution in [2.24, 2.45) is 0 Å². The van der Waals surface area contributed by atoms with Gasteiger partial charge in [0.15, 0.2) is 6.67 Å².